The summed E-state index contributed by atoms with van der Waals surface area (Å²) in [5, 5.41) is 7.22. The normalized spacial score (nSPS) is 15.5. The molecule has 1 atom stereocenters. The minimum Gasteiger partial charge on any atom is -0.497 e. The maximum absolute atomic E-state index is 12.4. The van der Waals surface area contributed by atoms with Crippen LogP contribution in [0.5, 0.6) is 5.75 Å². The van der Waals surface area contributed by atoms with Gasteiger partial charge in [-0.15, -0.1) is 0 Å². The molecule has 1 aliphatic heterocycles. The molecule has 37 heavy (non-hydrogen) atoms. The van der Waals surface area contributed by atoms with Gasteiger partial charge in [0, 0.05) is 55.0 Å². The van der Waals surface area contributed by atoms with Crippen LogP contribution in [0.4, 0.5) is 11.4 Å². The molecule has 1 amide bonds. The minimum atomic E-state index is -0.162. The fourth-order valence-electron chi connectivity index (χ4n) is 4.63. The monoisotopic (exact) mass is 500 g/mol. The maximum Gasteiger partial charge on any atom is 0.251 e. The first-order chi connectivity index (χ1) is 18.1. The van der Waals surface area contributed by atoms with E-state index in [1.807, 2.05) is 47.4 Å². The maximum atomic E-state index is 12.4. The van der Waals surface area contributed by atoms with Gasteiger partial charge in [0.2, 0.25) is 0 Å². The van der Waals surface area contributed by atoms with Gasteiger partial charge in [-0.05, 0) is 56.0 Å². The van der Waals surface area contributed by atoms with E-state index in [9.17, 15) is 4.79 Å². The Labute approximate surface area is 216 Å². The molecule has 9 nitrogen and oxygen atoms in total. The lowest BCUT2D eigenvalue weighted by molar-refractivity contribution is -0.0394. The minimum absolute atomic E-state index is 0.0207. The number of anilines is 2. The van der Waals surface area contributed by atoms with E-state index in [0.29, 0.717) is 11.3 Å². The Morgan fingerprint density at radius 1 is 1.16 bits per heavy atom. The molecule has 0 aliphatic carbocycles. The summed E-state index contributed by atoms with van der Waals surface area (Å²) in [6.07, 6.45) is 9.68. The van der Waals surface area contributed by atoms with Crippen molar-refractivity contribution in [1.82, 2.24) is 25.1 Å². The number of carbonyl (C=O) groups excluding carboxylic acids is 1. The number of amides is 1. The van der Waals surface area contributed by atoms with Crippen molar-refractivity contribution < 1.29 is 14.3 Å². The van der Waals surface area contributed by atoms with E-state index in [2.05, 4.69) is 27.2 Å². The van der Waals surface area contributed by atoms with E-state index >= 15 is 0 Å². The van der Waals surface area contributed by atoms with Crippen LogP contribution in [0.3, 0.4) is 0 Å². The first kappa shape index (κ1) is 24.7. The Kier molecular flexibility index (Phi) is 7.32. The molecule has 2 aromatic heterocycles. The number of fused-ring (bicyclic) bond motifs is 1. The number of hydrogen-bond donors (Lipinski definition) is 1. The fraction of sp³-hybridized carbons (Fsp3) is 0.357. The van der Waals surface area contributed by atoms with Crippen LogP contribution in [-0.4, -0.2) is 53.0 Å². The second-order valence-electron chi connectivity index (χ2n) is 9.11. The molecule has 0 saturated carbocycles. The summed E-state index contributed by atoms with van der Waals surface area (Å²) in [4.78, 5) is 24.1. The Morgan fingerprint density at radius 3 is 2.81 bits per heavy atom. The van der Waals surface area contributed by atoms with Crippen molar-refractivity contribution in [2.24, 2.45) is 0 Å². The van der Waals surface area contributed by atoms with E-state index < -0.39 is 0 Å². The first-order valence-corrected chi connectivity index (χ1v) is 12.7. The first-order valence-electron chi connectivity index (χ1n) is 12.7. The molecular formula is C28H32N6O3. The zero-order valence-electron chi connectivity index (χ0n) is 21.5. The molecule has 4 aromatic rings. The van der Waals surface area contributed by atoms with Crippen LogP contribution < -0.4 is 15.0 Å². The average Bonchev–Trinajstić information content (AvgIpc) is 3.45. The summed E-state index contributed by atoms with van der Waals surface area (Å²) in [6.45, 7) is 3.65. The zero-order chi connectivity index (χ0) is 25.8. The molecule has 5 rings (SSSR count). The van der Waals surface area contributed by atoms with Gasteiger partial charge in [0.05, 0.1) is 36.2 Å². The number of aromatic nitrogens is 4. The molecule has 1 aliphatic rings. The number of ether oxygens (including phenoxy) is 2. The highest BCUT2D eigenvalue weighted by molar-refractivity contribution is 5.96. The van der Waals surface area contributed by atoms with Gasteiger partial charge >= 0.3 is 0 Å². The van der Waals surface area contributed by atoms with Crippen molar-refractivity contribution in [3.8, 4) is 17.0 Å². The molecule has 1 saturated heterocycles. The van der Waals surface area contributed by atoms with Gasteiger partial charge in [-0.25, -0.2) is 9.67 Å². The largest absolute Gasteiger partial charge is 0.497 e. The Bertz CT molecular complexity index is 1400. The molecule has 3 heterocycles. The lowest BCUT2D eigenvalue weighted by Crippen LogP contribution is -2.21. The highest BCUT2D eigenvalue weighted by Crippen LogP contribution is 2.32. The summed E-state index contributed by atoms with van der Waals surface area (Å²) < 4.78 is 13.2. The molecule has 9 heteroatoms. The average molecular weight is 501 g/mol. The highest BCUT2D eigenvalue weighted by Gasteiger charge is 2.18. The molecule has 192 valence electrons. The van der Waals surface area contributed by atoms with Gasteiger partial charge in [-0.1, -0.05) is 6.92 Å². The number of carbonyl (C=O) groups is 1. The smallest absolute Gasteiger partial charge is 0.251 e. The van der Waals surface area contributed by atoms with Crippen molar-refractivity contribution in [3.05, 3.63) is 60.6 Å². The topological polar surface area (TPSA) is 94.4 Å². The van der Waals surface area contributed by atoms with Crippen molar-refractivity contribution >= 4 is 28.3 Å². The summed E-state index contributed by atoms with van der Waals surface area (Å²) in [5.41, 5.74) is 5.63. The third-order valence-electron chi connectivity index (χ3n) is 6.56. The number of nitrogens with zero attached hydrogens (tertiary/aromatic N) is 5. The predicted octanol–water partition coefficient (Wildman–Crippen LogP) is 5.11. The number of benzene rings is 2. The van der Waals surface area contributed by atoms with Crippen LogP contribution in [0.2, 0.25) is 0 Å². The molecule has 1 fully saturated rings. The second-order valence-corrected chi connectivity index (χ2v) is 9.11. The van der Waals surface area contributed by atoms with E-state index in [1.54, 1.807) is 26.4 Å². The molecule has 1 unspecified atom stereocenters. The van der Waals surface area contributed by atoms with Crippen molar-refractivity contribution in [3.63, 3.8) is 0 Å². The molecule has 0 spiro atoms. The van der Waals surface area contributed by atoms with Crippen molar-refractivity contribution in [1.29, 1.82) is 0 Å². The van der Waals surface area contributed by atoms with Gasteiger partial charge in [0.15, 0.2) is 0 Å². The Hall–Kier alpha value is -3.98. The fourth-order valence-corrected chi connectivity index (χ4v) is 4.63. The lowest BCUT2D eigenvalue weighted by Gasteiger charge is -2.26. The quantitative estimate of drug-likeness (QED) is 0.359. The number of nitrogens with one attached hydrogen (secondary N) is 1. The standard InChI is InChI=1S/C28H32N6O3/c1-4-10-33(22-12-19(28(35)29-2)13-23(14-22)36-3)21-8-9-24-25(15-21)32-26(17-30-24)20-16-31-34(18-20)27-7-5-6-11-37-27/h8-9,12-18,27H,4-7,10-11H2,1-3H3,(H,29,35). The molecule has 2 aromatic carbocycles. The van der Waals surface area contributed by atoms with Crippen LogP contribution in [0.1, 0.15) is 49.2 Å². The van der Waals surface area contributed by atoms with Crippen LogP contribution in [-0.2, 0) is 4.74 Å². The Balaban J connectivity index is 1.50. The predicted molar refractivity (Wildman–Crippen MR) is 143 cm³/mol. The van der Waals surface area contributed by atoms with Gasteiger partial charge in [0.25, 0.3) is 5.91 Å². The highest BCUT2D eigenvalue weighted by atomic mass is 16.5. The Morgan fingerprint density at radius 2 is 2.05 bits per heavy atom. The molecule has 1 N–H and O–H groups in total. The summed E-state index contributed by atoms with van der Waals surface area (Å²) in [6, 6.07) is 11.6. The van der Waals surface area contributed by atoms with Crippen LogP contribution >= 0.6 is 0 Å². The van der Waals surface area contributed by atoms with Crippen LogP contribution in [0.15, 0.2) is 55.0 Å². The number of methoxy groups -OCH3 is 1. The van der Waals surface area contributed by atoms with Crippen molar-refractivity contribution in [2.45, 2.75) is 38.8 Å². The number of rotatable bonds is 8. The third kappa shape index (κ3) is 5.27. The lowest BCUT2D eigenvalue weighted by atomic mass is 10.1. The second kappa shape index (κ2) is 11.0. The van der Waals surface area contributed by atoms with Gasteiger partial charge in [-0.2, -0.15) is 5.10 Å². The van der Waals surface area contributed by atoms with E-state index in [1.165, 1.54) is 0 Å². The van der Waals surface area contributed by atoms with E-state index in [0.717, 1.165) is 72.5 Å². The molecule has 0 bridgehead atoms. The summed E-state index contributed by atoms with van der Waals surface area (Å²) >= 11 is 0. The molecular weight excluding hydrogens is 468 g/mol. The summed E-state index contributed by atoms with van der Waals surface area (Å²) in [7, 11) is 3.23. The summed E-state index contributed by atoms with van der Waals surface area (Å²) in [5.74, 6) is 0.462. The van der Waals surface area contributed by atoms with E-state index in [-0.39, 0.29) is 12.1 Å². The van der Waals surface area contributed by atoms with Crippen LogP contribution in [0.25, 0.3) is 22.3 Å². The van der Waals surface area contributed by atoms with Crippen LogP contribution in [0, 0.1) is 0 Å². The SMILES string of the molecule is CCCN(c1cc(OC)cc(C(=O)NC)c1)c1ccc2ncc(-c3cnn(C4CCCCO4)c3)nc2c1. The van der Waals surface area contributed by atoms with Gasteiger partial charge in [0.1, 0.15) is 12.0 Å². The number of hydrogen-bond acceptors (Lipinski definition) is 7. The van der Waals surface area contributed by atoms with E-state index in [4.69, 9.17) is 14.5 Å². The zero-order valence-corrected chi connectivity index (χ0v) is 21.5. The molecule has 0 radical (unpaired) electrons. The van der Waals surface area contributed by atoms with Gasteiger partial charge < -0.3 is 19.7 Å². The van der Waals surface area contributed by atoms with Gasteiger partial charge in [-0.3, -0.25) is 9.78 Å². The van der Waals surface area contributed by atoms with Crippen molar-refractivity contribution in [2.75, 3.05) is 32.2 Å². The third-order valence-corrected chi connectivity index (χ3v) is 6.56.